The van der Waals surface area contributed by atoms with E-state index in [9.17, 15) is 22.8 Å². The maximum atomic E-state index is 13.5. The Morgan fingerprint density at radius 1 is 1.30 bits per heavy atom. The molecule has 2 rings (SSSR count). The van der Waals surface area contributed by atoms with Gasteiger partial charge >= 0.3 is 12.1 Å². The van der Waals surface area contributed by atoms with Gasteiger partial charge in [-0.15, -0.1) is 0 Å². The molecule has 0 bridgehead atoms. The minimum Gasteiger partial charge on any atom is -0.462 e. The number of halogens is 3. The molecule has 4 nitrogen and oxygen atoms in total. The van der Waals surface area contributed by atoms with Gasteiger partial charge in [0, 0.05) is 24.6 Å². The Bertz CT molecular complexity index is 753. The van der Waals surface area contributed by atoms with E-state index in [1.165, 1.54) is 23.1 Å². The van der Waals surface area contributed by atoms with E-state index >= 15 is 0 Å². The van der Waals surface area contributed by atoms with Crippen LogP contribution in [0.15, 0.2) is 35.5 Å². The minimum absolute atomic E-state index is 0.0787. The van der Waals surface area contributed by atoms with Crippen LogP contribution in [0, 0.1) is 5.92 Å². The fourth-order valence-electron chi connectivity index (χ4n) is 3.32. The number of carbonyl (C=O) groups excluding carboxylic acids is 2. The van der Waals surface area contributed by atoms with Crippen molar-refractivity contribution in [3.63, 3.8) is 0 Å². The molecular formula is C20H24F3NO3. The second-order valence-corrected chi connectivity index (χ2v) is 6.97. The number of hydrogen-bond acceptors (Lipinski definition) is 3. The summed E-state index contributed by atoms with van der Waals surface area (Å²) in [6.07, 6.45) is -4.78. The molecule has 0 radical (unpaired) electrons. The van der Waals surface area contributed by atoms with Gasteiger partial charge in [-0.2, -0.15) is 13.2 Å². The lowest BCUT2D eigenvalue weighted by Gasteiger charge is -2.34. The van der Waals surface area contributed by atoms with Crippen LogP contribution in [0.25, 0.3) is 0 Å². The third kappa shape index (κ3) is 4.51. The zero-order valence-electron chi connectivity index (χ0n) is 15.9. The van der Waals surface area contributed by atoms with Crippen LogP contribution in [0.5, 0.6) is 0 Å². The summed E-state index contributed by atoms with van der Waals surface area (Å²) in [6, 6.07) is 5.07. The molecule has 0 aliphatic carbocycles. The number of allylic oxidation sites excluding steroid dienone is 1. The number of alkyl halides is 3. The second kappa shape index (κ2) is 8.15. The smallest absolute Gasteiger partial charge is 0.416 e. The molecule has 0 spiro atoms. The second-order valence-electron chi connectivity index (χ2n) is 6.97. The van der Waals surface area contributed by atoms with Crippen LogP contribution in [-0.4, -0.2) is 29.9 Å². The number of benzene rings is 1. The molecule has 1 aromatic rings. The van der Waals surface area contributed by atoms with E-state index in [0.29, 0.717) is 12.2 Å². The molecule has 0 saturated carbocycles. The van der Waals surface area contributed by atoms with E-state index < -0.39 is 23.6 Å². The molecule has 1 heterocycles. The molecule has 0 fully saturated rings. The van der Waals surface area contributed by atoms with Crippen LogP contribution in [0.4, 0.5) is 13.2 Å². The molecule has 1 aliphatic heterocycles. The molecule has 0 N–H and O–H groups in total. The molecule has 1 aliphatic rings. The van der Waals surface area contributed by atoms with Crippen LogP contribution < -0.4 is 0 Å². The Balaban J connectivity index is 2.58. The van der Waals surface area contributed by atoms with Gasteiger partial charge < -0.3 is 9.64 Å². The maximum Gasteiger partial charge on any atom is 0.416 e. The van der Waals surface area contributed by atoms with Gasteiger partial charge in [0.25, 0.3) is 0 Å². The Kier molecular flexibility index (Phi) is 6.34. The van der Waals surface area contributed by atoms with Crippen molar-refractivity contribution in [2.24, 2.45) is 5.92 Å². The van der Waals surface area contributed by atoms with Gasteiger partial charge in [0.2, 0.25) is 5.91 Å². The minimum atomic E-state index is -4.58. The van der Waals surface area contributed by atoms with Crippen molar-refractivity contribution in [2.45, 2.75) is 46.2 Å². The van der Waals surface area contributed by atoms with Crippen molar-refractivity contribution in [2.75, 3.05) is 13.2 Å². The molecule has 1 amide bonds. The molecular weight excluding hydrogens is 359 g/mol. The van der Waals surface area contributed by atoms with Crippen molar-refractivity contribution in [1.82, 2.24) is 4.90 Å². The average Bonchev–Trinajstić information content (AvgIpc) is 2.58. The van der Waals surface area contributed by atoms with Crippen molar-refractivity contribution in [3.05, 3.63) is 46.7 Å². The summed E-state index contributed by atoms with van der Waals surface area (Å²) in [4.78, 5) is 26.6. The van der Waals surface area contributed by atoms with Crippen LogP contribution in [-0.2, 0) is 20.5 Å². The highest BCUT2D eigenvalue weighted by Gasteiger charge is 2.41. The third-order valence-corrected chi connectivity index (χ3v) is 4.55. The third-order valence-electron chi connectivity index (χ3n) is 4.55. The summed E-state index contributed by atoms with van der Waals surface area (Å²) in [5.41, 5.74) is -0.446. The number of amides is 1. The monoisotopic (exact) mass is 383 g/mol. The Morgan fingerprint density at radius 2 is 1.93 bits per heavy atom. The number of nitrogens with zero attached hydrogens (tertiary/aromatic N) is 1. The predicted molar refractivity (Wildman–Crippen MR) is 94.7 cm³/mol. The van der Waals surface area contributed by atoms with Gasteiger partial charge in [0.15, 0.2) is 0 Å². The van der Waals surface area contributed by atoms with Crippen molar-refractivity contribution < 1.29 is 27.5 Å². The summed E-state index contributed by atoms with van der Waals surface area (Å²) in [5, 5.41) is 0. The first-order chi connectivity index (χ1) is 12.6. The molecule has 0 aromatic heterocycles. The zero-order valence-corrected chi connectivity index (χ0v) is 15.9. The van der Waals surface area contributed by atoms with Crippen LogP contribution in [0.3, 0.4) is 0 Å². The first-order valence-electron chi connectivity index (χ1n) is 8.92. The molecule has 27 heavy (non-hydrogen) atoms. The SMILES string of the molecule is CCN1C(=O)C[C@H](c2ccccc2C(F)(F)F)C(C(=O)OCC(C)C)=C1C. The van der Waals surface area contributed by atoms with Crippen molar-refractivity contribution in [1.29, 1.82) is 0 Å². The van der Waals surface area contributed by atoms with Crippen molar-refractivity contribution in [3.8, 4) is 0 Å². The van der Waals surface area contributed by atoms with Gasteiger partial charge in [-0.25, -0.2) is 4.79 Å². The van der Waals surface area contributed by atoms with Gasteiger partial charge in [-0.05, 0) is 31.4 Å². The van der Waals surface area contributed by atoms with E-state index in [2.05, 4.69) is 0 Å². The average molecular weight is 383 g/mol. The maximum absolute atomic E-state index is 13.5. The normalized spacial score (nSPS) is 18.3. The van der Waals surface area contributed by atoms with Crippen LogP contribution in [0.1, 0.15) is 51.2 Å². The highest BCUT2D eigenvalue weighted by molar-refractivity contribution is 5.96. The largest absolute Gasteiger partial charge is 0.462 e. The summed E-state index contributed by atoms with van der Waals surface area (Å²) >= 11 is 0. The topological polar surface area (TPSA) is 46.6 Å². The fourth-order valence-corrected chi connectivity index (χ4v) is 3.32. The Hall–Kier alpha value is -2.31. The number of rotatable bonds is 5. The quantitative estimate of drug-likeness (QED) is 0.703. The summed E-state index contributed by atoms with van der Waals surface area (Å²) < 4.78 is 45.8. The lowest BCUT2D eigenvalue weighted by Crippen LogP contribution is -2.38. The molecule has 1 atom stereocenters. The van der Waals surface area contributed by atoms with E-state index in [1.54, 1.807) is 13.8 Å². The van der Waals surface area contributed by atoms with Crippen molar-refractivity contribution >= 4 is 11.9 Å². The lowest BCUT2D eigenvalue weighted by molar-refractivity contribution is -0.143. The first-order valence-corrected chi connectivity index (χ1v) is 8.92. The molecule has 0 saturated heterocycles. The van der Waals surface area contributed by atoms with Gasteiger partial charge in [0.1, 0.15) is 0 Å². The Morgan fingerprint density at radius 3 is 2.48 bits per heavy atom. The number of hydrogen-bond donors (Lipinski definition) is 0. The first kappa shape index (κ1) is 21.0. The predicted octanol–water partition coefficient (Wildman–Crippen LogP) is 4.51. The molecule has 148 valence electrons. The van der Waals surface area contributed by atoms with Gasteiger partial charge in [-0.3, -0.25) is 4.79 Å². The van der Waals surface area contributed by atoms with E-state index in [4.69, 9.17) is 4.74 Å². The lowest BCUT2D eigenvalue weighted by atomic mass is 9.81. The van der Waals surface area contributed by atoms with Gasteiger partial charge in [0.05, 0.1) is 17.7 Å². The number of carbonyl (C=O) groups is 2. The molecule has 7 heteroatoms. The van der Waals surface area contributed by atoms with E-state index in [1.807, 2.05) is 13.8 Å². The fraction of sp³-hybridized carbons (Fsp3) is 0.500. The highest BCUT2D eigenvalue weighted by atomic mass is 19.4. The number of esters is 1. The number of ether oxygens (including phenoxy) is 1. The summed E-state index contributed by atoms with van der Waals surface area (Å²) in [6.45, 7) is 7.56. The zero-order chi connectivity index (χ0) is 20.4. The summed E-state index contributed by atoms with van der Waals surface area (Å²) in [5.74, 6) is -1.88. The van der Waals surface area contributed by atoms with Gasteiger partial charge in [-0.1, -0.05) is 32.0 Å². The highest BCUT2D eigenvalue weighted by Crippen LogP contribution is 2.42. The summed E-state index contributed by atoms with van der Waals surface area (Å²) in [7, 11) is 0. The van der Waals surface area contributed by atoms with E-state index in [-0.39, 0.29) is 36.0 Å². The molecule has 0 unspecified atom stereocenters. The van der Waals surface area contributed by atoms with E-state index in [0.717, 1.165) is 6.07 Å². The molecule has 1 aromatic carbocycles. The standard InChI is InChI=1S/C20H24F3NO3/c1-5-24-13(4)18(19(26)27-11-12(2)3)15(10-17(24)25)14-8-6-7-9-16(14)20(21,22)23/h6-9,12,15H,5,10-11H2,1-4H3/t15-/m1/s1. The van der Waals surface area contributed by atoms with Crippen LogP contribution in [0.2, 0.25) is 0 Å². The van der Waals surface area contributed by atoms with Crippen LogP contribution >= 0.6 is 0 Å². The Labute approximate surface area is 157 Å².